The third-order valence-electron chi connectivity index (χ3n) is 3.13. The molecule has 0 spiro atoms. The van der Waals surface area contributed by atoms with E-state index in [1.165, 1.54) is 11.3 Å². The van der Waals surface area contributed by atoms with Gasteiger partial charge in [-0.1, -0.05) is 35.9 Å². The third-order valence-corrected chi connectivity index (χ3v) is 5.27. The van der Waals surface area contributed by atoms with E-state index in [-0.39, 0.29) is 12.3 Å². The minimum atomic E-state index is -0.0675. The van der Waals surface area contributed by atoms with E-state index in [1.54, 1.807) is 0 Å². The van der Waals surface area contributed by atoms with Crippen LogP contribution in [-0.4, -0.2) is 10.9 Å². The molecule has 0 aliphatic heterocycles. The molecule has 0 saturated carbocycles. The highest BCUT2D eigenvalue weighted by Gasteiger charge is 2.10. The molecule has 0 aliphatic carbocycles. The second-order valence-electron chi connectivity index (χ2n) is 4.86. The molecule has 0 radical (unpaired) electrons. The van der Waals surface area contributed by atoms with E-state index in [9.17, 15) is 4.79 Å². The Balaban J connectivity index is 1.68. The number of nitrogens with one attached hydrogen (secondary N) is 1. The van der Waals surface area contributed by atoms with Gasteiger partial charge in [0.1, 0.15) is 5.01 Å². The molecular weight excluding hydrogens is 443 g/mol. The summed E-state index contributed by atoms with van der Waals surface area (Å²) < 4.78 is 1.01. The van der Waals surface area contributed by atoms with Gasteiger partial charge in [-0.15, -0.1) is 11.3 Å². The average molecular weight is 455 g/mol. The number of benzene rings is 2. The van der Waals surface area contributed by atoms with E-state index in [0.717, 1.165) is 25.5 Å². The molecule has 3 rings (SSSR count). The first-order valence-electron chi connectivity index (χ1n) is 6.86. The predicted molar refractivity (Wildman–Crippen MR) is 104 cm³/mol. The van der Waals surface area contributed by atoms with Gasteiger partial charge in [0.2, 0.25) is 5.91 Å². The maximum atomic E-state index is 12.2. The predicted octanol–water partition coefficient (Wildman–Crippen LogP) is 5.25. The van der Waals surface area contributed by atoms with Gasteiger partial charge in [0.25, 0.3) is 0 Å². The summed E-state index contributed by atoms with van der Waals surface area (Å²) in [4.78, 5) is 16.7. The Kier molecular flexibility index (Phi) is 5.30. The van der Waals surface area contributed by atoms with Crippen molar-refractivity contribution < 1.29 is 4.79 Å². The number of carbonyl (C=O) groups excluding carboxylic acids is 1. The largest absolute Gasteiger partial charge is 0.325 e. The van der Waals surface area contributed by atoms with Crippen molar-refractivity contribution in [2.75, 3.05) is 5.32 Å². The smallest absolute Gasteiger partial charge is 0.230 e. The molecule has 0 aliphatic rings. The summed E-state index contributed by atoms with van der Waals surface area (Å²) in [6.07, 6.45) is 0.259. The second-order valence-corrected chi connectivity index (χ2v) is 7.31. The topological polar surface area (TPSA) is 42.0 Å². The number of amides is 1. The summed E-state index contributed by atoms with van der Waals surface area (Å²) in [5.41, 5.74) is 2.60. The highest BCUT2D eigenvalue weighted by molar-refractivity contribution is 14.1. The molecule has 3 aromatic rings. The zero-order chi connectivity index (χ0) is 16.2. The third kappa shape index (κ3) is 4.31. The number of nitrogens with zero attached hydrogens (tertiary/aromatic N) is 1. The number of rotatable bonds is 4. The molecule has 2 aromatic carbocycles. The van der Waals surface area contributed by atoms with Gasteiger partial charge < -0.3 is 5.32 Å². The minimum Gasteiger partial charge on any atom is -0.325 e. The monoisotopic (exact) mass is 454 g/mol. The van der Waals surface area contributed by atoms with Gasteiger partial charge in [0.05, 0.1) is 17.8 Å². The Morgan fingerprint density at radius 1 is 1.17 bits per heavy atom. The standard InChI is InChI=1S/C17H12ClIN2OS/c18-12-7-5-11(6-8-12)17-20-13(10-23-17)9-16(22)21-15-4-2-1-3-14(15)19/h1-8,10H,9H2,(H,21,22). The van der Waals surface area contributed by atoms with Crippen LogP contribution in [0.4, 0.5) is 5.69 Å². The van der Waals surface area contributed by atoms with Crippen molar-refractivity contribution >= 4 is 57.1 Å². The average Bonchev–Trinajstić information content (AvgIpc) is 2.98. The molecule has 23 heavy (non-hydrogen) atoms. The number of hydrogen-bond donors (Lipinski definition) is 1. The number of carbonyl (C=O) groups is 1. The first-order valence-corrected chi connectivity index (χ1v) is 9.20. The highest BCUT2D eigenvalue weighted by atomic mass is 127. The molecule has 6 heteroatoms. The van der Waals surface area contributed by atoms with Crippen molar-refractivity contribution in [2.24, 2.45) is 0 Å². The van der Waals surface area contributed by atoms with Crippen molar-refractivity contribution in [1.29, 1.82) is 0 Å². The maximum absolute atomic E-state index is 12.2. The van der Waals surface area contributed by atoms with E-state index in [1.807, 2.05) is 53.9 Å². The van der Waals surface area contributed by atoms with Crippen molar-refractivity contribution in [3.05, 3.63) is 68.2 Å². The van der Waals surface area contributed by atoms with Crippen molar-refractivity contribution in [2.45, 2.75) is 6.42 Å². The van der Waals surface area contributed by atoms with Gasteiger partial charge in [-0.3, -0.25) is 4.79 Å². The molecule has 116 valence electrons. The van der Waals surface area contributed by atoms with E-state index in [2.05, 4.69) is 32.9 Å². The van der Waals surface area contributed by atoms with Gasteiger partial charge in [-0.05, 0) is 46.9 Å². The Morgan fingerprint density at radius 3 is 2.65 bits per heavy atom. The van der Waals surface area contributed by atoms with Crippen LogP contribution in [0.15, 0.2) is 53.9 Å². The van der Waals surface area contributed by atoms with Crippen LogP contribution in [0.1, 0.15) is 5.69 Å². The summed E-state index contributed by atoms with van der Waals surface area (Å²) in [7, 11) is 0. The van der Waals surface area contributed by atoms with Crippen LogP contribution in [-0.2, 0) is 11.2 Å². The molecule has 0 saturated heterocycles. The van der Waals surface area contributed by atoms with Crippen LogP contribution in [0.2, 0.25) is 5.02 Å². The molecule has 0 bridgehead atoms. The lowest BCUT2D eigenvalue weighted by Crippen LogP contribution is -2.15. The lowest BCUT2D eigenvalue weighted by Gasteiger charge is -2.05. The van der Waals surface area contributed by atoms with Gasteiger partial charge >= 0.3 is 0 Å². The van der Waals surface area contributed by atoms with Crippen LogP contribution in [0.25, 0.3) is 10.6 Å². The number of halogens is 2. The molecule has 1 amide bonds. The molecule has 0 fully saturated rings. The number of anilines is 1. The Labute approximate surface area is 156 Å². The van der Waals surface area contributed by atoms with E-state index < -0.39 is 0 Å². The SMILES string of the molecule is O=C(Cc1csc(-c2ccc(Cl)cc2)n1)Nc1ccccc1I. The molecule has 1 N–H and O–H groups in total. The Morgan fingerprint density at radius 2 is 1.91 bits per heavy atom. The van der Waals surface area contributed by atoms with Crippen molar-refractivity contribution in [3.63, 3.8) is 0 Å². The van der Waals surface area contributed by atoms with E-state index in [4.69, 9.17) is 11.6 Å². The summed E-state index contributed by atoms with van der Waals surface area (Å²) in [5.74, 6) is -0.0675. The molecule has 0 atom stereocenters. The summed E-state index contributed by atoms with van der Waals surface area (Å²) in [6.45, 7) is 0. The number of aromatic nitrogens is 1. The first kappa shape index (κ1) is 16.4. The van der Waals surface area contributed by atoms with Gasteiger partial charge in [-0.25, -0.2) is 4.98 Å². The number of thiazole rings is 1. The van der Waals surface area contributed by atoms with Crippen LogP contribution in [0.3, 0.4) is 0 Å². The van der Waals surface area contributed by atoms with Crippen LogP contribution in [0, 0.1) is 3.57 Å². The Hall–Kier alpha value is -1.44. The summed E-state index contributed by atoms with van der Waals surface area (Å²) in [6, 6.07) is 15.2. The summed E-state index contributed by atoms with van der Waals surface area (Å²) in [5, 5.41) is 6.42. The molecule has 1 aromatic heterocycles. The molecule has 3 nitrogen and oxygen atoms in total. The lowest BCUT2D eigenvalue weighted by molar-refractivity contribution is -0.115. The zero-order valence-corrected chi connectivity index (χ0v) is 15.7. The second kappa shape index (κ2) is 7.42. The first-order chi connectivity index (χ1) is 11.1. The minimum absolute atomic E-state index is 0.0675. The van der Waals surface area contributed by atoms with Crippen molar-refractivity contribution in [1.82, 2.24) is 4.98 Å². The lowest BCUT2D eigenvalue weighted by atomic mass is 10.2. The quantitative estimate of drug-likeness (QED) is 0.547. The zero-order valence-electron chi connectivity index (χ0n) is 11.9. The van der Waals surface area contributed by atoms with Gasteiger partial charge in [-0.2, -0.15) is 0 Å². The van der Waals surface area contributed by atoms with Gasteiger partial charge in [0.15, 0.2) is 0 Å². The van der Waals surface area contributed by atoms with Crippen LogP contribution < -0.4 is 5.32 Å². The molecular formula is C17H12ClIN2OS. The van der Waals surface area contributed by atoms with E-state index in [0.29, 0.717) is 5.02 Å². The van der Waals surface area contributed by atoms with E-state index >= 15 is 0 Å². The Bertz CT molecular complexity index is 833. The fourth-order valence-electron chi connectivity index (χ4n) is 2.03. The highest BCUT2D eigenvalue weighted by Crippen LogP contribution is 2.25. The van der Waals surface area contributed by atoms with Crippen molar-refractivity contribution in [3.8, 4) is 10.6 Å². The van der Waals surface area contributed by atoms with Crippen LogP contribution in [0.5, 0.6) is 0 Å². The fourth-order valence-corrected chi connectivity index (χ4v) is 3.51. The maximum Gasteiger partial charge on any atom is 0.230 e. The summed E-state index contributed by atoms with van der Waals surface area (Å²) >= 11 is 9.62. The van der Waals surface area contributed by atoms with Gasteiger partial charge in [0, 0.05) is 19.5 Å². The fraction of sp³-hybridized carbons (Fsp3) is 0.0588. The number of para-hydroxylation sites is 1. The molecule has 1 heterocycles. The van der Waals surface area contributed by atoms with Crippen LogP contribution >= 0.6 is 45.5 Å². The molecule has 0 unspecified atom stereocenters. The number of hydrogen-bond acceptors (Lipinski definition) is 3. The normalized spacial score (nSPS) is 10.5.